The lowest BCUT2D eigenvalue weighted by Crippen LogP contribution is -2.15. The zero-order valence-electron chi connectivity index (χ0n) is 8.88. The van der Waals surface area contributed by atoms with Crippen LogP contribution in [0.3, 0.4) is 0 Å². The fraction of sp³-hybridized carbons (Fsp3) is 0.182. The number of aliphatic carboxylic acids is 1. The number of carbonyl (C=O) groups is 1. The van der Waals surface area contributed by atoms with Gasteiger partial charge in [-0.2, -0.15) is 0 Å². The standard InChI is InChI=1S/C11H11N3O3/c12-7(4-11(16)17)6-1-2-8-9(3-6)13-5-10(15)14-8/h1-3,5,7H,4,12H2,(H,14,15)(H,16,17). The summed E-state index contributed by atoms with van der Waals surface area (Å²) in [7, 11) is 0. The predicted octanol–water partition coefficient (Wildman–Crippen LogP) is 0.398. The van der Waals surface area contributed by atoms with E-state index in [4.69, 9.17) is 10.8 Å². The Morgan fingerprint density at radius 2 is 2.29 bits per heavy atom. The van der Waals surface area contributed by atoms with Crippen molar-refractivity contribution in [1.29, 1.82) is 0 Å². The van der Waals surface area contributed by atoms with Crippen molar-refractivity contribution in [2.24, 2.45) is 5.73 Å². The lowest BCUT2D eigenvalue weighted by atomic mass is 10.0. The molecule has 1 heterocycles. The van der Waals surface area contributed by atoms with Gasteiger partial charge in [0.1, 0.15) is 0 Å². The number of hydrogen-bond acceptors (Lipinski definition) is 4. The number of rotatable bonds is 3. The van der Waals surface area contributed by atoms with E-state index in [2.05, 4.69) is 9.97 Å². The fourth-order valence-electron chi connectivity index (χ4n) is 1.59. The third-order valence-electron chi connectivity index (χ3n) is 2.42. The van der Waals surface area contributed by atoms with Crippen molar-refractivity contribution in [3.05, 3.63) is 40.3 Å². The van der Waals surface area contributed by atoms with Crippen LogP contribution in [0.15, 0.2) is 29.2 Å². The van der Waals surface area contributed by atoms with Gasteiger partial charge in [-0.3, -0.25) is 9.59 Å². The van der Waals surface area contributed by atoms with E-state index in [9.17, 15) is 9.59 Å². The summed E-state index contributed by atoms with van der Waals surface area (Å²) in [6, 6.07) is 4.46. The Labute approximate surface area is 96.1 Å². The number of carboxylic acid groups (broad SMARTS) is 1. The van der Waals surface area contributed by atoms with Crippen LogP contribution in [0, 0.1) is 0 Å². The van der Waals surface area contributed by atoms with Crippen LogP contribution in [0.1, 0.15) is 18.0 Å². The average Bonchev–Trinajstić information content (AvgIpc) is 2.27. The van der Waals surface area contributed by atoms with Crippen molar-refractivity contribution in [2.45, 2.75) is 12.5 Å². The largest absolute Gasteiger partial charge is 0.481 e. The van der Waals surface area contributed by atoms with Crippen LogP contribution in [0.25, 0.3) is 11.0 Å². The van der Waals surface area contributed by atoms with Gasteiger partial charge in [0.2, 0.25) is 0 Å². The lowest BCUT2D eigenvalue weighted by Gasteiger charge is -2.09. The van der Waals surface area contributed by atoms with Crippen molar-refractivity contribution in [1.82, 2.24) is 9.97 Å². The summed E-state index contributed by atoms with van der Waals surface area (Å²) in [5, 5.41) is 8.65. The van der Waals surface area contributed by atoms with E-state index in [1.54, 1.807) is 18.2 Å². The van der Waals surface area contributed by atoms with E-state index in [0.29, 0.717) is 16.6 Å². The molecule has 0 saturated carbocycles. The average molecular weight is 233 g/mol. The van der Waals surface area contributed by atoms with Gasteiger partial charge in [0.15, 0.2) is 0 Å². The number of fused-ring (bicyclic) bond motifs is 1. The number of carboxylic acids is 1. The highest BCUT2D eigenvalue weighted by Gasteiger charge is 2.11. The first-order valence-corrected chi connectivity index (χ1v) is 5.02. The summed E-state index contributed by atoms with van der Waals surface area (Å²) in [5.41, 5.74) is 7.33. The van der Waals surface area contributed by atoms with E-state index in [-0.39, 0.29) is 12.0 Å². The molecule has 4 N–H and O–H groups in total. The molecular weight excluding hydrogens is 222 g/mol. The number of H-pyrrole nitrogens is 1. The molecule has 0 aliphatic rings. The Morgan fingerprint density at radius 3 is 3.00 bits per heavy atom. The maximum atomic E-state index is 11.0. The molecule has 6 heteroatoms. The molecule has 0 fully saturated rings. The Hall–Kier alpha value is -2.21. The monoisotopic (exact) mass is 233 g/mol. The molecule has 1 aromatic carbocycles. The van der Waals surface area contributed by atoms with Crippen LogP contribution in [0.5, 0.6) is 0 Å². The van der Waals surface area contributed by atoms with Gasteiger partial charge in [-0.1, -0.05) is 6.07 Å². The van der Waals surface area contributed by atoms with Crippen LogP contribution < -0.4 is 11.3 Å². The molecule has 2 rings (SSSR count). The number of aromatic amines is 1. The molecule has 17 heavy (non-hydrogen) atoms. The van der Waals surface area contributed by atoms with Gasteiger partial charge in [-0.25, -0.2) is 4.98 Å². The van der Waals surface area contributed by atoms with Crippen molar-refractivity contribution < 1.29 is 9.90 Å². The molecule has 0 aliphatic carbocycles. The summed E-state index contributed by atoms with van der Waals surface area (Å²) in [6.07, 6.45) is 1.03. The van der Waals surface area contributed by atoms with E-state index in [1.807, 2.05) is 0 Å². The molecule has 0 saturated heterocycles. The number of nitrogens with two attached hydrogens (primary N) is 1. The van der Waals surface area contributed by atoms with Crippen molar-refractivity contribution in [3.8, 4) is 0 Å². The predicted molar refractivity (Wildman–Crippen MR) is 61.5 cm³/mol. The number of aromatic nitrogens is 2. The summed E-state index contributed by atoms with van der Waals surface area (Å²) in [5.74, 6) is -0.952. The van der Waals surface area contributed by atoms with Crippen molar-refractivity contribution in [2.75, 3.05) is 0 Å². The Bertz CT molecular complexity index is 621. The minimum atomic E-state index is -0.952. The molecule has 0 spiro atoms. The molecular formula is C11H11N3O3. The summed E-state index contributed by atoms with van der Waals surface area (Å²) < 4.78 is 0. The highest BCUT2D eigenvalue weighted by molar-refractivity contribution is 5.75. The minimum Gasteiger partial charge on any atom is -0.481 e. The first-order chi connectivity index (χ1) is 8.06. The highest BCUT2D eigenvalue weighted by Crippen LogP contribution is 2.17. The van der Waals surface area contributed by atoms with Crippen LogP contribution in [-0.2, 0) is 4.79 Å². The Balaban J connectivity index is 2.41. The molecule has 88 valence electrons. The van der Waals surface area contributed by atoms with Gasteiger partial charge >= 0.3 is 5.97 Å². The number of hydrogen-bond donors (Lipinski definition) is 3. The Kier molecular flexibility index (Phi) is 2.88. The minimum absolute atomic E-state index is 0.144. The zero-order valence-corrected chi connectivity index (χ0v) is 8.88. The number of nitrogens with one attached hydrogen (secondary N) is 1. The third kappa shape index (κ3) is 2.48. The van der Waals surface area contributed by atoms with E-state index in [0.717, 1.165) is 0 Å². The topological polar surface area (TPSA) is 109 Å². The molecule has 2 aromatic rings. The first kappa shape index (κ1) is 11.3. The van der Waals surface area contributed by atoms with Gasteiger partial charge in [-0.05, 0) is 17.7 Å². The van der Waals surface area contributed by atoms with Crippen LogP contribution in [0.2, 0.25) is 0 Å². The maximum absolute atomic E-state index is 11.0. The highest BCUT2D eigenvalue weighted by atomic mass is 16.4. The summed E-state index contributed by atoms with van der Waals surface area (Å²) in [6.45, 7) is 0. The molecule has 6 nitrogen and oxygen atoms in total. The van der Waals surface area contributed by atoms with Gasteiger partial charge in [-0.15, -0.1) is 0 Å². The number of benzene rings is 1. The smallest absolute Gasteiger partial charge is 0.305 e. The SMILES string of the molecule is NC(CC(=O)O)c1ccc2[nH]c(=O)cnc2c1. The second-order valence-corrected chi connectivity index (χ2v) is 3.73. The van der Waals surface area contributed by atoms with E-state index in [1.165, 1.54) is 6.20 Å². The fourth-order valence-corrected chi connectivity index (χ4v) is 1.59. The van der Waals surface area contributed by atoms with E-state index < -0.39 is 12.0 Å². The summed E-state index contributed by atoms with van der Waals surface area (Å²) in [4.78, 5) is 28.2. The molecule has 0 bridgehead atoms. The molecule has 0 aliphatic heterocycles. The number of nitrogens with zero attached hydrogens (tertiary/aromatic N) is 1. The van der Waals surface area contributed by atoms with Gasteiger partial charge < -0.3 is 15.8 Å². The van der Waals surface area contributed by atoms with Crippen LogP contribution in [-0.4, -0.2) is 21.0 Å². The molecule has 0 radical (unpaired) electrons. The van der Waals surface area contributed by atoms with Gasteiger partial charge in [0.25, 0.3) is 5.56 Å². The van der Waals surface area contributed by atoms with Gasteiger partial charge in [0, 0.05) is 6.04 Å². The quantitative estimate of drug-likeness (QED) is 0.710. The molecule has 0 amide bonds. The third-order valence-corrected chi connectivity index (χ3v) is 2.42. The second kappa shape index (κ2) is 4.34. The lowest BCUT2D eigenvalue weighted by molar-refractivity contribution is -0.137. The molecule has 1 atom stereocenters. The van der Waals surface area contributed by atoms with Crippen LogP contribution >= 0.6 is 0 Å². The Morgan fingerprint density at radius 1 is 1.53 bits per heavy atom. The van der Waals surface area contributed by atoms with Crippen molar-refractivity contribution >= 4 is 17.0 Å². The molecule has 1 unspecified atom stereocenters. The first-order valence-electron chi connectivity index (χ1n) is 5.02. The second-order valence-electron chi connectivity index (χ2n) is 3.73. The van der Waals surface area contributed by atoms with E-state index >= 15 is 0 Å². The summed E-state index contributed by atoms with van der Waals surface area (Å²) >= 11 is 0. The van der Waals surface area contributed by atoms with Gasteiger partial charge in [0.05, 0.1) is 23.7 Å². The van der Waals surface area contributed by atoms with Crippen LogP contribution in [0.4, 0.5) is 0 Å². The van der Waals surface area contributed by atoms with Crippen molar-refractivity contribution in [3.63, 3.8) is 0 Å². The molecule has 1 aromatic heterocycles. The maximum Gasteiger partial charge on any atom is 0.305 e. The normalized spacial score (nSPS) is 12.5. The zero-order chi connectivity index (χ0) is 12.4.